The third kappa shape index (κ3) is 3.85. The van der Waals surface area contributed by atoms with E-state index < -0.39 is 18.0 Å². The minimum Gasteiger partial charge on any atom is -0.481 e. The van der Waals surface area contributed by atoms with E-state index in [2.05, 4.69) is 5.32 Å². The molecule has 1 amide bonds. The monoisotopic (exact) mass is 284 g/mol. The van der Waals surface area contributed by atoms with Gasteiger partial charge in [-0.2, -0.15) is 0 Å². The van der Waals surface area contributed by atoms with E-state index in [0.717, 1.165) is 12.8 Å². The number of ether oxygens (including phenoxy) is 1. The average molecular weight is 284 g/mol. The highest BCUT2D eigenvalue weighted by atomic mass is 16.5. The quantitative estimate of drug-likeness (QED) is 0.820. The molecule has 2 N–H and O–H groups in total. The lowest BCUT2D eigenvalue weighted by molar-refractivity contribution is -0.143. The molecular formula is C14H24N2O4. The number of nitrogens with zero attached hydrogens (tertiary/aromatic N) is 1. The summed E-state index contributed by atoms with van der Waals surface area (Å²) in [6.45, 7) is 0.776. The van der Waals surface area contributed by atoms with Crippen molar-refractivity contribution < 1.29 is 19.4 Å². The van der Waals surface area contributed by atoms with E-state index in [1.807, 2.05) is 0 Å². The molecule has 2 unspecified atom stereocenters. The number of methoxy groups -OCH3 is 1. The van der Waals surface area contributed by atoms with Gasteiger partial charge in [-0.3, -0.25) is 4.79 Å². The molecule has 1 aliphatic heterocycles. The van der Waals surface area contributed by atoms with Gasteiger partial charge in [-0.1, -0.05) is 19.3 Å². The Bertz CT molecular complexity index is 355. The summed E-state index contributed by atoms with van der Waals surface area (Å²) < 4.78 is 4.72. The number of hydrogen-bond donors (Lipinski definition) is 2. The number of nitrogens with one attached hydrogen (secondary N) is 1. The van der Waals surface area contributed by atoms with Crippen LogP contribution >= 0.6 is 0 Å². The highest BCUT2D eigenvalue weighted by molar-refractivity contribution is 5.73. The Kier molecular flexibility index (Phi) is 5.23. The van der Waals surface area contributed by atoms with Crippen molar-refractivity contribution in [3.8, 4) is 0 Å². The summed E-state index contributed by atoms with van der Waals surface area (Å²) >= 11 is 0. The first kappa shape index (κ1) is 15.1. The zero-order chi connectivity index (χ0) is 14.5. The van der Waals surface area contributed by atoms with Crippen LogP contribution in [0.4, 0.5) is 4.79 Å². The van der Waals surface area contributed by atoms with E-state index in [4.69, 9.17) is 4.74 Å². The average Bonchev–Trinajstić information content (AvgIpc) is 2.47. The molecule has 2 fully saturated rings. The zero-order valence-corrected chi connectivity index (χ0v) is 12.0. The molecule has 2 aliphatic rings. The maximum atomic E-state index is 11.7. The number of carboxylic acid groups (broad SMARTS) is 1. The number of amides is 1. The van der Waals surface area contributed by atoms with E-state index in [1.54, 1.807) is 0 Å². The number of carboxylic acids is 1. The number of rotatable bonds is 3. The molecule has 1 heterocycles. The molecule has 2 atom stereocenters. The molecule has 0 spiro atoms. The van der Waals surface area contributed by atoms with Crippen molar-refractivity contribution in [1.82, 2.24) is 10.2 Å². The van der Waals surface area contributed by atoms with Gasteiger partial charge in [0.15, 0.2) is 0 Å². The van der Waals surface area contributed by atoms with E-state index in [-0.39, 0.29) is 12.6 Å². The van der Waals surface area contributed by atoms with Crippen molar-refractivity contribution in [2.45, 2.75) is 50.6 Å². The molecule has 1 aliphatic carbocycles. The van der Waals surface area contributed by atoms with Gasteiger partial charge in [0.2, 0.25) is 0 Å². The molecule has 1 saturated carbocycles. The summed E-state index contributed by atoms with van der Waals surface area (Å²) in [5.74, 6) is -1.35. The predicted molar refractivity (Wildman–Crippen MR) is 73.5 cm³/mol. The highest BCUT2D eigenvalue weighted by Gasteiger charge is 2.35. The van der Waals surface area contributed by atoms with Gasteiger partial charge in [0, 0.05) is 25.2 Å². The number of carbonyl (C=O) groups is 2. The summed E-state index contributed by atoms with van der Waals surface area (Å²) in [6, 6.07) is 0.507. The first-order valence-corrected chi connectivity index (χ1v) is 7.42. The Labute approximate surface area is 119 Å². The largest absolute Gasteiger partial charge is 0.481 e. The fourth-order valence-corrected chi connectivity index (χ4v) is 3.28. The highest BCUT2D eigenvalue weighted by Crippen LogP contribution is 2.22. The minimum atomic E-state index is -0.839. The lowest BCUT2D eigenvalue weighted by atomic mass is 9.91. The van der Waals surface area contributed by atoms with Gasteiger partial charge in [-0.25, -0.2) is 4.79 Å². The SMILES string of the molecule is COC(=O)N1CC(NC2CCCCC2)CC(C(=O)O)C1. The summed E-state index contributed by atoms with van der Waals surface area (Å²) in [6.07, 6.45) is 6.18. The maximum Gasteiger partial charge on any atom is 0.409 e. The normalized spacial score (nSPS) is 28.1. The molecule has 6 heteroatoms. The summed E-state index contributed by atoms with van der Waals surface area (Å²) in [5.41, 5.74) is 0. The van der Waals surface area contributed by atoms with Gasteiger partial charge in [0.05, 0.1) is 13.0 Å². The van der Waals surface area contributed by atoms with Crippen LogP contribution in [0.2, 0.25) is 0 Å². The number of piperidine rings is 1. The van der Waals surface area contributed by atoms with Crippen LogP contribution in [-0.2, 0) is 9.53 Å². The molecule has 0 aromatic rings. The third-order valence-corrected chi connectivity index (χ3v) is 4.31. The fraction of sp³-hybridized carbons (Fsp3) is 0.857. The van der Waals surface area contributed by atoms with Gasteiger partial charge in [-0.15, -0.1) is 0 Å². The molecule has 114 valence electrons. The zero-order valence-electron chi connectivity index (χ0n) is 12.0. The van der Waals surface area contributed by atoms with Crippen molar-refractivity contribution in [3.05, 3.63) is 0 Å². The molecule has 2 rings (SSSR count). The lowest BCUT2D eigenvalue weighted by Crippen LogP contribution is -2.55. The number of likely N-dealkylation sites (tertiary alicyclic amines) is 1. The molecule has 20 heavy (non-hydrogen) atoms. The van der Waals surface area contributed by atoms with Gasteiger partial charge in [0.25, 0.3) is 0 Å². The number of carbonyl (C=O) groups excluding carboxylic acids is 1. The van der Waals surface area contributed by atoms with Gasteiger partial charge in [0.1, 0.15) is 0 Å². The molecule has 0 radical (unpaired) electrons. The first-order valence-electron chi connectivity index (χ1n) is 7.42. The van der Waals surface area contributed by atoms with Crippen LogP contribution in [0, 0.1) is 5.92 Å². The van der Waals surface area contributed by atoms with Crippen LogP contribution in [0.3, 0.4) is 0 Å². The molecule has 0 bridgehead atoms. The maximum absolute atomic E-state index is 11.7. The minimum absolute atomic E-state index is 0.0482. The second-order valence-electron chi connectivity index (χ2n) is 5.84. The van der Waals surface area contributed by atoms with Crippen LogP contribution in [0.25, 0.3) is 0 Å². The predicted octanol–water partition coefficient (Wildman–Crippen LogP) is 1.45. The Morgan fingerprint density at radius 1 is 1.15 bits per heavy atom. The van der Waals surface area contributed by atoms with Crippen molar-refractivity contribution in [2.24, 2.45) is 5.92 Å². The third-order valence-electron chi connectivity index (χ3n) is 4.31. The van der Waals surface area contributed by atoms with Gasteiger partial charge >= 0.3 is 12.1 Å². The van der Waals surface area contributed by atoms with Crippen molar-refractivity contribution >= 4 is 12.1 Å². The second-order valence-corrected chi connectivity index (χ2v) is 5.84. The molecule has 0 aromatic heterocycles. The van der Waals surface area contributed by atoms with Crippen LogP contribution in [0.1, 0.15) is 38.5 Å². The van der Waals surface area contributed by atoms with E-state index in [1.165, 1.54) is 31.3 Å². The van der Waals surface area contributed by atoms with Crippen molar-refractivity contribution in [1.29, 1.82) is 0 Å². The summed E-state index contributed by atoms with van der Waals surface area (Å²) in [5, 5.41) is 12.8. The van der Waals surface area contributed by atoms with Gasteiger partial charge in [-0.05, 0) is 19.3 Å². The van der Waals surface area contributed by atoms with Gasteiger partial charge < -0.3 is 20.1 Å². The van der Waals surface area contributed by atoms with Crippen LogP contribution in [0.5, 0.6) is 0 Å². The van der Waals surface area contributed by atoms with E-state index in [0.29, 0.717) is 19.0 Å². The summed E-state index contributed by atoms with van der Waals surface area (Å²) in [4.78, 5) is 24.4. The van der Waals surface area contributed by atoms with Crippen LogP contribution in [-0.4, -0.2) is 54.4 Å². The summed E-state index contributed by atoms with van der Waals surface area (Å²) in [7, 11) is 1.33. The molecular weight excluding hydrogens is 260 g/mol. The number of hydrogen-bond acceptors (Lipinski definition) is 4. The topological polar surface area (TPSA) is 78.9 Å². The van der Waals surface area contributed by atoms with Crippen molar-refractivity contribution in [3.63, 3.8) is 0 Å². The molecule has 1 saturated heterocycles. The number of aliphatic carboxylic acids is 1. The fourth-order valence-electron chi connectivity index (χ4n) is 3.28. The van der Waals surface area contributed by atoms with E-state index >= 15 is 0 Å². The second kappa shape index (κ2) is 6.92. The Morgan fingerprint density at radius 2 is 1.85 bits per heavy atom. The molecule has 6 nitrogen and oxygen atoms in total. The lowest BCUT2D eigenvalue weighted by Gasteiger charge is -2.38. The van der Waals surface area contributed by atoms with Crippen molar-refractivity contribution in [2.75, 3.05) is 20.2 Å². The Morgan fingerprint density at radius 3 is 2.45 bits per heavy atom. The standard InChI is InChI=1S/C14H24N2O4/c1-20-14(19)16-8-10(13(17)18)7-12(9-16)15-11-5-3-2-4-6-11/h10-12,15H,2-9H2,1H3,(H,17,18). The van der Waals surface area contributed by atoms with Crippen LogP contribution < -0.4 is 5.32 Å². The van der Waals surface area contributed by atoms with E-state index in [9.17, 15) is 14.7 Å². The Balaban J connectivity index is 1.95. The smallest absolute Gasteiger partial charge is 0.409 e. The molecule has 0 aromatic carbocycles. The first-order chi connectivity index (χ1) is 9.60. The van der Waals surface area contributed by atoms with Crippen LogP contribution in [0.15, 0.2) is 0 Å². The Hall–Kier alpha value is -1.30.